The van der Waals surface area contributed by atoms with Crippen molar-refractivity contribution in [2.75, 3.05) is 10.6 Å². The van der Waals surface area contributed by atoms with Gasteiger partial charge in [0, 0.05) is 41.7 Å². The van der Waals surface area contributed by atoms with E-state index < -0.39 is 17.6 Å². The van der Waals surface area contributed by atoms with E-state index in [0.29, 0.717) is 28.7 Å². The fourth-order valence-electron chi connectivity index (χ4n) is 3.83. The standard InChI is InChI=1S/C27H21F3N8O/c1-16-3-4-18(11-22(16)37-26-33-8-7-21(36-26)23-13-31-9-10-32-23)25(39)35-19-5-6-20(27(28,29)30)24(12-19)38-14-17(2)34-15-38/h3-15H,1-2H3,(H,35,39)(H,33,36,37). The van der Waals surface area contributed by atoms with Crippen molar-refractivity contribution >= 4 is 23.2 Å². The Labute approximate surface area is 220 Å². The van der Waals surface area contributed by atoms with Gasteiger partial charge in [0.15, 0.2) is 0 Å². The smallest absolute Gasteiger partial charge is 0.324 e. The van der Waals surface area contributed by atoms with Crippen LogP contribution in [0, 0.1) is 13.8 Å². The topological polar surface area (TPSA) is 111 Å². The number of aromatic nitrogens is 6. The minimum Gasteiger partial charge on any atom is -0.324 e. The molecule has 39 heavy (non-hydrogen) atoms. The van der Waals surface area contributed by atoms with E-state index in [2.05, 4.69) is 35.6 Å². The molecule has 0 aliphatic carbocycles. The molecule has 0 saturated carbocycles. The van der Waals surface area contributed by atoms with Gasteiger partial charge < -0.3 is 15.2 Å². The van der Waals surface area contributed by atoms with Gasteiger partial charge in [-0.25, -0.2) is 15.0 Å². The lowest BCUT2D eigenvalue weighted by Gasteiger charge is -2.16. The van der Waals surface area contributed by atoms with Crippen molar-refractivity contribution in [3.05, 3.63) is 102 Å². The van der Waals surface area contributed by atoms with Crippen LogP contribution in [0.5, 0.6) is 0 Å². The maximum Gasteiger partial charge on any atom is 0.418 e. The van der Waals surface area contributed by atoms with Crippen LogP contribution in [0.2, 0.25) is 0 Å². The van der Waals surface area contributed by atoms with Gasteiger partial charge in [-0.1, -0.05) is 6.07 Å². The van der Waals surface area contributed by atoms with Crippen LogP contribution in [-0.2, 0) is 6.18 Å². The number of anilines is 3. The van der Waals surface area contributed by atoms with Crippen molar-refractivity contribution in [2.45, 2.75) is 20.0 Å². The second-order valence-corrected chi connectivity index (χ2v) is 8.62. The number of nitrogens with one attached hydrogen (secondary N) is 2. The molecule has 196 valence electrons. The van der Waals surface area contributed by atoms with Gasteiger partial charge in [-0.15, -0.1) is 0 Å². The van der Waals surface area contributed by atoms with E-state index >= 15 is 0 Å². The van der Waals surface area contributed by atoms with Crippen LogP contribution < -0.4 is 10.6 Å². The molecule has 0 fully saturated rings. The molecule has 0 aliphatic rings. The van der Waals surface area contributed by atoms with E-state index in [1.54, 1.807) is 56.0 Å². The average molecular weight is 531 g/mol. The summed E-state index contributed by atoms with van der Waals surface area (Å²) in [4.78, 5) is 34.1. The first-order chi connectivity index (χ1) is 18.7. The molecule has 3 aromatic heterocycles. The highest BCUT2D eigenvalue weighted by Crippen LogP contribution is 2.35. The number of nitrogens with zero attached hydrogens (tertiary/aromatic N) is 6. The third-order valence-corrected chi connectivity index (χ3v) is 5.78. The van der Waals surface area contributed by atoms with Crippen LogP contribution in [0.1, 0.15) is 27.2 Å². The first kappa shape index (κ1) is 25.5. The zero-order valence-corrected chi connectivity index (χ0v) is 20.7. The lowest BCUT2D eigenvalue weighted by atomic mass is 10.1. The fraction of sp³-hybridized carbons (Fsp3) is 0.111. The quantitative estimate of drug-likeness (QED) is 0.288. The second-order valence-electron chi connectivity index (χ2n) is 8.62. The summed E-state index contributed by atoms with van der Waals surface area (Å²) in [7, 11) is 0. The van der Waals surface area contributed by atoms with Gasteiger partial charge in [0.2, 0.25) is 5.95 Å². The summed E-state index contributed by atoms with van der Waals surface area (Å²) in [6, 6.07) is 10.1. The molecule has 0 aliphatic heterocycles. The number of aryl methyl sites for hydroxylation is 2. The van der Waals surface area contributed by atoms with Gasteiger partial charge in [0.25, 0.3) is 5.91 Å². The highest BCUT2D eigenvalue weighted by molar-refractivity contribution is 6.05. The van der Waals surface area contributed by atoms with Gasteiger partial charge in [0.1, 0.15) is 5.69 Å². The molecule has 12 heteroatoms. The van der Waals surface area contributed by atoms with Crippen LogP contribution in [0.15, 0.2) is 79.8 Å². The fourth-order valence-corrected chi connectivity index (χ4v) is 3.83. The highest BCUT2D eigenvalue weighted by atomic mass is 19.4. The number of benzene rings is 2. The number of amides is 1. The van der Waals surface area contributed by atoms with Crippen LogP contribution in [0.25, 0.3) is 17.1 Å². The Hall–Kier alpha value is -5.13. The van der Waals surface area contributed by atoms with Gasteiger partial charge in [0.05, 0.1) is 35.2 Å². The van der Waals surface area contributed by atoms with Gasteiger partial charge in [-0.2, -0.15) is 13.2 Å². The van der Waals surface area contributed by atoms with Crippen molar-refractivity contribution in [3.8, 4) is 17.1 Å². The SMILES string of the molecule is Cc1cn(-c2cc(NC(=O)c3ccc(C)c(Nc4nccc(-c5cnccn5)n4)c3)ccc2C(F)(F)F)cn1. The summed E-state index contributed by atoms with van der Waals surface area (Å²) >= 11 is 0. The van der Waals surface area contributed by atoms with Gasteiger partial charge >= 0.3 is 6.18 Å². The molecule has 5 rings (SSSR count). The molecule has 0 atom stereocenters. The van der Waals surface area contributed by atoms with Crippen LogP contribution in [0.4, 0.5) is 30.5 Å². The third kappa shape index (κ3) is 5.74. The maximum atomic E-state index is 13.6. The van der Waals surface area contributed by atoms with E-state index in [9.17, 15) is 18.0 Å². The maximum absolute atomic E-state index is 13.6. The largest absolute Gasteiger partial charge is 0.418 e. The van der Waals surface area contributed by atoms with Crippen molar-refractivity contribution in [1.29, 1.82) is 0 Å². The Morgan fingerprint density at radius 2 is 1.77 bits per heavy atom. The predicted octanol–water partition coefficient (Wildman–Crippen LogP) is 5.75. The minimum absolute atomic E-state index is 0.146. The number of rotatable bonds is 6. The van der Waals surface area contributed by atoms with Crippen molar-refractivity contribution in [1.82, 2.24) is 29.5 Å². The highest BCUT2D eigenvalue weighted by Gasteiger charge is 2.34. The summed E-state index contributed by atoms with van der Waals surface area (Å²) in [5.74, 6) is -0.207. The predicted molar refractivity (Wildman–Crippen MR) is 139 cm³/mol. The molecule has 0 bridgehead atoms. The lowest BCUT2D eigenvalue weighted by molar-refractivity contribution is -0.137. The zero-order valence-electron chi connectivity index (χ0n) is 20.7. The Balaban J connectivity index is 1.39. The van der Waals surface area contributed by atoms with Crippen LogP contribution >= 0.6 is 0 Å². The van der Waals surface area contributed by atoms with E-state index in [-0.39, 0.29) is 16.9 Å². The molecule has 5 aromatic rings. The number of halogens is 3. The zero-order chi connectivity index (χ0) is 27.6. The summed E-state index contributed by atoms with van der Waals surface area (Å²) in [5, 5.41) is 5.79. The van der Waals surface area contributed by atoms with Crippen molar-refractivity contribution < 1.29 is 18.0 Å². The Morgan fingerprint density at radius 1 is 0.923 bits per heavy atom. The number of hydrogen-bond donors (Lipinski definition) is 2. The minimum atomic E-state index is -4.58. The first-order valence-corrected chi connectivity index (χ1v) is 11.7. The molecule has 2 N–H and O–H groups in total. The first-order valence-electron chi connectivity index (χ1n) is 11.7. The number of carbonyl (C=O) groups is 1. The van der Waals surface area contributed by atoms with E-state index in [0.717, 1.165) is 11.6 Å². The molecule has 0 spiro atoms. The molecule has 0 saturated heterocycles. The number of imidazole rings is 1. The number of carbonyl (C=O) groups excluding carboxylic acids is 1. The Morgan fingerprint density at radius 3 is 2.49 bits per heavy atom. The Bertz CT molecular complexity index is 1650. The van der Waals surface area contributed by atoms with Crippen molar-refractivity contribution in [3.63, 3.8) is 0 Å². The summed E-state index contributed by atoms with van der Waals surface area (Å²) in [6.07, 6.45) is 4.49. The monoisotopic (exact) mass is 530 g/mol. The third-order valence-electron chi connectivity index (χ3n) is 5.78. The van der Waals surface area contributed by atoms with E-state index in [4.69, 9.17) is 0 Å². The molecule has 9 nitrogen and oxygen atoms in total. The van der Waals surface area contributed by atoms with E-state index in [1.807, 2.05) is 6.92 Å². The normalized spacial score (nSPS) is 11.3. The molecule has 0 unspecified atom stereocenters. The summed E-state index contributed by atoms with van der Waals surface area (Å²) in [5.41, 5.74) is 2.61. The molecule has 2 aromatic carbocycles. The average Bonchev–Trinajstić information content (AvgIpc) is 3.36. The molecule has 1 amide bonds. The number of hydrogen-bond acceptors (Lipinski definition) is 7. The van der Waals surface area contributed by atoms with Crippen molar-refractivity contribution in [2.24, 2.45) is 0 Å². The van der Waals surface area contributed by atoms with Gasteiger partial charge in [-0.3, -0.25) is 14.8 Å². The lowest BCUT2D eigenvalue weighted by Crippen LogP contribution is -2.15. The van der Waals surface area contributed by atoms with Gasteiger partial charge in [-0.05, 0) is 55.8 Å². The number of alkyl halides is 3. The van der Waals surface area contributed by atoms with Crippen LogP contribution in [0.3, 0.4) is 0 Å². The second kappa shape index (κ2) is 10.3. The Kier molecular flexibility index (Phi) is 6.75. The van der Waals surface area contributed by atoms with Crippen LogP contribution in [-0.4, -0.2) is 35.4 Å². The van der Waals surface area contributed by atoms with E-state index in [1.165, 1.54) is 29.2 Å². The molecular formula is C27H21F3N8O. The molecular weight excluding hydrogens is 509 g/mol. The molecule has 3 heterocycles. The molecule has 0 radical (unpaired) electrons. The summed E-state index contributed by atoms with van der Waals surface area (Å²) < 4.78 is 42.2. The summed E-state index contributed by atoms with van der Waals surface area (Å²) in [6.45, 7) is 3.53.